The van der Waals surface area contributed by atoms with Gasteiger partial charge >= 0.3 is 5.97 Å². The van der Waals surface area contributed by atoms with Gasteiger partial charge in [0.2, 0.25) is 11.8 Å². The number of likely N-dealkylation sites (N-methyl/N-ethyl adjacent to an activating group) is 1. The number of carbonyl (C=O) groups is 3. The zero-order valence-corrected chi connectivity index (χ0v) is 21.4. The minimum Gasteiger partial charge on any atom is -0.464 e. The van der Waals surface area contributed by atoms with E-state index in [1.54, 1.807) is 17.3 Å². The maximum atomic E-state index is 13.4. The van der Waals surface area contributed by atoms with Crippen molar-refractivity contribution in [2.24, 2.45) is 17.8 Å². The molecule has 1 aromatic rings. The molecule has 0 saturated heterocycles. The molecule has 0 saturated carbocycles. The molecule has 0 aliphatic heterocycles. The number of carbonyl (C=O) groups excluding carboxylic acids is 3. The van der Waals surface area contributed by atoms with E-state index in [4.69, 9.17) is 0 Å². The van der Waals surface area contributed by atoms with E-state index in [0.717, 1.165) is 6.42 Å². The molecule has 0 aromatic carbocycles. The molecule has 0 radical (unpaired) electrons. The van der Waals surface area contributed by atoms with Gasteiger partial charge in [-0.3, -0.25) is 9.59 Å². The molecule has 0 aliphatic carbocycles. The highest BCUT2D eigenvalue weighted by molar-refractivity contribution is 7.09. The lowest BCUT2D eigenvalue weighted by Gasteiger charge is -2.36. The molecule has 4 atom stereocenters. The van der Waals surface area contributed by atoms with Crippen molar-refractivity contribution in [3.05, 3.63) is 16.1 Å². The van der Waals surface area contributed by atoms with Crippen LogP contribution in [-0.2, 0) is 14.3 Å². The second-order valence-corrected chi connectivity index (χ2v) is 9.99. The number of aliphatic hydroxyl groups excluding tert-OH is 1. The molecule has 2 amide bonds. The third kappa shape index (κ3) is 7.85. The van der Waals surface area contributed by atoms with Crippen LogP contribution in [0, 0.1) is 17.8 Å². The Hall–Kier alpha value is -2.00. The Kier molecular flexibility index (Phi) is 11.3. The van der Waals surface area contributed by atoms with Crippen molar-refractivity contribution in [2.45, 2.75) is 79.0 Å². The number of amides is 2. The maximum Gasteiger partial charge on any atom is 0.357 e. The monoisotopic (exact) mass is 469 g/mol. The first-order chi connectivity index (χ1) is 14.9. The van der Waals surface area contributed by atoms with Crippen LogP contribution in [0.3, 0.4) is 0 Å². The van der Waals surface area contributed by atoms with Crippen molar-refractivity contribution < 1.29 is 24.2 Å². The molecule has 0 aliphatic rings. The van der Waals surface area contributed by atoms with Crippen LogP contribution in [0.5, 0.6) is 0 Å². The van der Waals surface area contributed by atoms with Gasteiger partial charge in [0.05, 0.1) is 7.11 Å². The fourth-order valence-corrected chi connectivity index (χ4v) is 4.30. The second kappa shape index (κ2) is 12.9. The summed E-state index contributed by atoms with van der Waals surface area (Å²) < 4.78 is 4.67. The Bertz CT molecular complexity index is 765. The van der Waals surface area contributed by atoms with Gasteiger partial charge in [0, 0.05) is 31.3 Å². The van der Waals surface area contributed by atoms with Crippen molar-refractivity contribution in [2.75, 3.05) is 14.2 Å². The molecule has 32 heavy (non-hydrogen) atoms. The predicted molar refractivity (Wildman–Crippen MR) is 125 cm³/mol. The number of aromatic nitrogens is 1. The van der Waals surface area contributed by atoms with Crippen LogP contribution in [-0.4, -0.2) is 59.0 Å². The topological polar surface area (TPSA) is 109 Å². The van der Waals surface area contributed by atoms with Crippen molar-refractivity contribution in [1.82, 2.24) is 15.2 Å². The molecule has 0 bridgehead atoms. The molecule has 1 aromatic heterocycles. The fraction of sp³-hybridized carbons (Fsp3) is 0.739. The van der Waals surface area contributed by atoms with Gasteiger partial charge in [0.15, 0.2) is 5.69 Å². The van der Waals surface area contributed by atoms with Gasteiger partial charge in [-0.25, -0.2) is 9.78 Å². The van der Waals surface area contributed by atoms with E-state index in [9.17, 15) is 19.5 Å². The predicted octanol–water partition coefficient (Wildman–Crippen LogP) is 3.41. The molecule has 1 rings (SSSR count). The first kappa shape index (κ1) is 28.0. The second-order valence-electron chi connectivity index (χ2n) is 9.10. The van der Waals surface area contributed by atoms with Gasteiger partial charge in [-0.15, -0.1) is 11.3 Å². The summed E-state index contributed by atoms with van der Waals surface area (Å²) in [5.41, 5.74) is 0.154. The van der Waals surface area contributed by atoms with Crippen molar-refractivity contribution in [3.63, 3.8) is 0 Å². The van der Waals surface area contributed by atoms with Crippen LogP contribution >= 0.6 is 11.3 Å². The number of aliphatic hydroxyl groups is 1. The molecule has 0 fully saturated rings. The number of rotatable bonds is 12. The van der Waals surface area contributed by atoms with Crippen molar-refractivity contribution >= 4 is 29.1 Å². The Balaban J connectivity index is 3.01. The molecule has 0 unspecified atom stereocenters. The molecule has 0 spiro atoms. The van der Waals surface area contributed by atoms with Crippen LogP contribution < -0.4 is 5.32 Å². The smallest absolute Gasteiger partial charge is 0.357 e. The minimum atomic E-state index is -0.932. The van der Waals surface area contributed by atoms with E-state index in [0.29, 0.717) is 11.4 Å². The summed E-state index contributed by atoms with van der Waals surface area (Å²) in [5.74, 6) is -0.626. The molecule has 8 nitrogen and oxygen atoms in total. The minimum absolute atomic E-state index is 0.0274. The number of nitrogens with zero attached hydrogens (tertiary/aromatic N) is 2. The van der Waals surface area contributed by atoms with Crippen molar-refractivity contribution in [3.8, 4) is 0 Å². The number of methoxy groups -OCH3 is 1. The number of ether oxygens (including phenoxy) is 1. The first-order valence-electron chi connectivity index (χ1n) is 11.2. The third-order valence-electron chi connectivity index (χ3n) is 5.67. The summed E-state index contributed by atoms with van der Waals surface area (Å²) >= 11 is 1.18. The third-order valence-corrected chi connectivity index (χ3v) is 6.62. The van der Waals surface area contributed by atoms with Crippen molar-refractivity contribution in [1.29, 1.82) is 0 Å². The van der Waals surface area contributed by atoms with E-state index < -0.39 is 18.1 Å². The summed E-state index contributed by atoms with van der Waals surface area (Å²) in [6.07, 6.45) is 0.444. The zero-order valence-electron chi connectivity index (χ0n) is 20.5. The summed E-state index contributed by atoms with van der Waals surface area (Å²) in [7, 11) is 2.99. The van der Waals surface area contributed by atoms with Gasteiger partial charge in [0.1, 0.15) is 17.2 Å². The van der Waals surface area contributed by atoms with E-state index in [1.807, 2.05) is 41.5 Å². The Morgan fingerprint density at radius 3 is 2.34 bits per heavy atom. The van der Waals surface area contributed by atoms with Crippen LogP contribution in [0.25, 0.3) is 0 Å². The highest BCUT2D eigenvalue weighted by atomic mass is 32.1. The molecule has 1 heterocycles. The van der Waals surface area contributed by atoms with Gasteiger partial charge in [-0.2, -0.15) is 0 Å². The Morgan fingerprint density at radius 2 is 1.84 bits per heavy atom. The quantitative estimate of drug-likeness (QED) is 0.454. The Labute approximate surface area is 195 Å². The highest BCUT2D eigenvalue weighted by Gasteiger charge is 2.34. The normalized spacial score (nSPS) is 15.2. The largest absolute Gasteiger partial charge is 0.464 e. The standard InChI is InChI=1S/C23H39N3O5S/c1-9-15(6)20(25-19(28)10-13(2)3)22(29)26(7)17(14(4)5)11-18(27)21-24-16(12-32-21)23(30)31-8/h12-15,17-18,20,27H,9-11H2,1-8H3,(H,25,28)/t15-,17+,18+,20-/m0/s1. The Morgan fingerprint density at radius 1 is 1.22 bits per heavy atom. The van der Waals surface area contributed by atoms with Gasteiger partial charge in [-0.05, 0) is 17.8 Å². The molecular formula is C23H39N3O5S. The first-order valence-corrected chi connectivity index (χ1v) is 12.1. The summed E-state index contributed by atoms with van der Waals surface area (Å²) in [6, 6.07) is -0.906. The number of nitrogens with one attached hydrogen (secondary N) is 1. The van der Waals surface area contributed by atoms with E-state index in [1.165, 1.54) is 18.4 Å². The van der Waals surface area contributed by atoms with Crippen LogP contribution in [0.15, 0.2) is 5.38 Å². The lowest BCUT2D eigenvalue weighted by atomic mass is 9.93. The van der Waals surface area contributed by atoms with E-state index in [2.05, 4.69) is 15.0 Å². The van der Waals surface area contributed by atoms with Crippen LogP contribution in [0.1, 0.15) is 82.4 Å². The summed E-state index contributed by atoms with van der Waals surface area (Å²) in [6.45, 7) is 11.8. The van der Waals surface area contributed by atoms with E-state index in [-0.39, 0.29) is 47.7 Å². The molecule has 182 valence electrons. The van der Waals surface area contributed by atoms with Gasteiger partial charge in [0.25, 0.3) is 0 Å². The highest BCUT2D eigenvalue weighted by Crippen LogP contribution is 2.28. The number of esters is 1. The number of thiazole rings is 1. The van der Waals surface area contributed by atoms with Gasteiger partial charge in [-0.1, -0.05) is 48.0 Å². The maximum absolute atomic E-state index is 13.4. The molecule has 2 N–H and O–H groups in total. The van der Waals surface area contributed by atoms with E-state index >= 15 is 0 Å². The number of hydrogen-bond donors (Lipinski definition) is 2. The molecular weight excluding hydrogens is 430 g/mol. The summed E-state index contributed by atoms with van der Waals surface area (Å²) in [5, 5.41) is 15.6. The number of hydrogen-bond acceptors (Lipinski definition) is 7. The SMILES string of the molecule is CC[C@H](C)[C@H](NC(=O)CC(C)C)C(=O)N(C)[C@H](C[C@@H](O)c1nc(C(=O)OC)cs1)C(C)C. The summed E-state index contributed by atoms with van der Waals surface area (Å²) in [4.78, 5) is 43.3. The lowest BCUT2D eigenvalue weighted by Crippen LogP contribution is -2.54. The molecule has 9 heteroatoms. The van der Waals surface area contributed by atoms with Crippen LogP contribution in [0.2, 0.25) is 0 Å². The van der Waals surface area contributed by atoms with Crippen LogP contribution in [0.4, 0.5) is 0 Å². The van der Waals surface area contributed by atoms with Gasteiger partial charge < -0.3 is 20.1 Å². The average molecular weight is 470 g/mol. The lowest BCUT2D eigenvalue weighted by molar-refractivity contribution is -0.140. The average Bonchev–Trinajstić information content (AvgIpc) is 3.23. The zero-order chi connectivity index (χ0) is 24.6. The fourth-order valence-electron chi connectivity index (χ4n) is 3.52.